The second kappa shape index (κ2) is 7.89. The van der Waals surface area contributed by atoms with E-state index in [4.69, 9.17) is 9.84 Å². The maximum Gasteiger partial charge on any atom is 0.295 e. The molecule has 1 aromatic carbocycles. The number of methoxy groups -OCH3 is 1. The van der Waals surface area contributed by atoms with E-state index >= 15 is 0 Å². The van der Waals surface area contributed by atoms with Gasteiger partial charge in [-0.1, -0.05) is 30.3 Å². The number of ether oxygens (including phenoxy) is 1. The van der Waals surface area contributed by atoms with E-state index < -0.39 is 17.7 Å². The van der Waals surface area contributed by atoms with Gasteiger partial charge in [0, 0.05) is 25.9 Å². The predicted molar refractivity (Wildman–Crippen MR) is 85.6 cm³/mol. The van der Waals surface area contributed by atoms with Gasteiger partial charge in [0.25, 0.3) is 11.7 Å². The molecule has 0 aromatic heterocycles. The van der Waals surface area contributed by atoms with Crippen molar-refractivity contribution >= 4 is 11.7 Å². The number of hydrogen-bond donors (Lipinski definition) is 2. The topological polar surface area (TPSA) is 78.9 Å². The number of carbonyl (C=O) groups is 2. The SMILES string of the molecule is COCCN1C(=O)C(=O)C(=C(C)NCCO)C1c1ccccc1. The fourth-order valence-electron chi connectivity index (χ4n) is 2.76. The quantitative estimate of drug-likeness (QED) is 0.570. The lowest BCUT2D eigenvalue weighted by atomic mass is 9.97. The molecule has 1 aliphatic heterocycles. The first-order chi connectivity index (χ1) is 11.1. The third-order valence-electron chi connectivity index (χ3n) is 3.84. The zero-order chi connectivity index (χ0) is 16.8. The predicted octanol–water partition coefficient (Wildman–Crippen LogP) is 0.641. The maximum atomic E-state index is 12.5. The van der Waals surface area contributed by atoms with Crippen molar-refractivity contribution < 1.29 is 19.4 Å². The lowest BCUT2D eigenvalue weighted by Crippen LogP contribution is -2.32. The number of hydrogen-bond acceptors (Lipinski definition) is 5. The van der Waals surface area contributed by atoms with Crippen LogP contribution in [0.15, 0.2) is 41.6 Å². The smallest absolute Gasteiger partial charge is 0.295 e. The van der Waals surface area contributed by atoms with Crippen LogP contribution in [0.5, 0.6) is 0 Å². The number of aliphatic hydroxyl groups is 1. The molecule has 1 heterocycles. The monoisotopic (exact) mass is 318 g/mol. The first kappa shape index (κ1) is 17.2. The molecule has 0 aliphatic carbocycles. The summed E-state index contributed by atoms with van der Waals surface area (Å²) in [6.07, 6.45) is 0. The van der Waals surface area contributed by atoms with Crippen molar-refractivity contribution in [3.8, 4) is 0 Å². The van der Waals surface area contributed by atoms with Crippen LogP contribution in [0.3, 0.4) is 0 Å². The second-order valence-corrected chi connectivity index (χ2v) is 5.32. The van der Waals surface area contributed by atoms with Crippen molar-refractivity contribution in [2.75, 3.05) is 33.4 Å². The Hall–Kier alpha value is -2.18. The zero-order valence-electron chi connectivity index (χ0n) is 13.4. The molecule has 1 aromatic rings. The largest absolute Gasteiger partial charge is 0.395 e. The van der Waals surface area contributed by atoms with Gasteiger partial charge in [-0.3, -0.25) is 9.59 Å². The van der Waals surface area contributed by atoms with E-state index in [1.165, 1.54) is 0 Å². The van der Waals surface area contributed by atoms with Gasteiger partial charge in [-0.15, -0.1) is 0 Å². The Kier molecular flexibility index (Phi) is 5.90. The number of Topliss-reactive ketones (excluding diaryl/α,β-unsaturated/α-hetero) is 1. The molecule has 23 heavy (non-hydrogen) atoms. The number of amides is 1. The number of nitrogens with one attached hydrogen (secondary N) is 1. The summed E-state index contributed by atoms with van der Waals surface area (Å²) < 4.78 is 5.06. The van der Waals surface area contributed by atoms with Crippen molar-refractivity contribution in [3.63, 3.8) is 0 Å². The third-order valence-corrected chi connectivity index (χ3v) is 3.84. The van der Waals surface area contributed by atoms with Gasteiger partial charge in [-0.2, -0.15) is 0 Å². The molecular formula is C17H22N2O4. The average molecular weight is 318 g/mol. The molecule has 2 N–H and O–H groups in total. The molecule has 6 nitrogen and oxygen atoms in total. The molecule has 1 aliphatic rings. The Bertz CT molecular complexity index is 598. The van der Waals surface area contributed by atoms with E-state index in [0.29, 0.717) is 31.0 Å². The summed E-state index contributed by atoms with van der Waals surface area (Å²) >= 11 is 0. The molecule has 0 radical (unpaired) electrons. The van der Waals surface area contributed by atoms with E-state index in [1.807, 2.05) is 30.3 Å². The van der Waals surface area contributed by atoms with Crippen LogP contribution in [-0.4, -0.2) is 55.1 Å². The highest BCUT2D eigenvalue weighted by atomic mass is 16.5. The summed E-state index contributed by atoms with van der Waals surface area (Å²) in [6.45, 7) is 2.74. The second-order valence-electron chi connectivity index (χ2n) is 5.32. The molecule has 2 rings (SSSR count). The fraction of sp³-hybridized carbons (Fsp3) is 0.412. The van der Waals surface area contributed by atoms with Gasteiger partial charge in [-0.05, 0) is 12.5 Å². The van der Waals surface area contributed by atoms with Crippen molar-refractivity contribution in [2.24, 2.45) is 0 Å². The third kappa shape index (κ3) is 3.60. The highest BCUT2D eigenvalue weighted by molar-refractivity contribution is 6.45. The normalized spacial score (nSPS) is 20.1. The number of carbonyl (C=O) groups excluding carboxylic acids is 2. The van der Waals surface area contributed by atoms with Gasteiger partial charge in [0.15, 0.2) is 0 Å². The van der Waals surface area contributed by atoms with Crippen LogP contribution >= 0.6 is 0 Å². The van der Waals surface area contributed by atoms with E-state index in [2.05, 4.69) is 5.32 Å². The van der Waals surface area contributed by atoms with Gasteiger partial charge < -0.3 is 20.1 Å². The highest BCUT2D eigenvalue weighted by Gasteiger charge is 2.44. The Labute approximate surface area is 135 Å². The first-order valence-corrected chi connectivity index (χ1v) is 7.56. The van der Waals surface area contributed by atoms with Crippen LogP contribution in [0, 0.1) is 0 Å². The molecule has 6 heteroatoms. The fourth-order valence-corrected chi connectivity index (χ4v) is 2.76. The molecule has 0 spiro atoms. The van der Waals surface area contributed by atoms with Gasteiger partial charge in [0.2, 0.25) is 0 Å². The number of nitrogens with zero attached hydrogens (tertiary/aromatic N) is 1. The van der Waals surface area contributed by atoms with Gasteiger partial charge in [0.05, 0.1) is 24.8 Å². The van der Waals surface area contributed by atoms with Crippen LogP contribution < -0.4 is 5.32 Å². The van der Waals surface area contributed by atoms with Crippen LogP contribution in [0.4, 0.5) is 0 Å². The van der Waals surface area contributed by atoms with E-state index in [9.17, 15) is 9.59 Å². The van der Waals surface area contributed by atoms with E-state index in [-0.39, 0.29) is 6.61 Å². The molecule has 1 unspecified atom stereocenters. The zero-order valence-corrected chi connectivity index (χ0v) is 13.4. The molecule has 1 atom stereocenters. The van der Waals surface area contributed by atoms with Gasteiger partial charge in [0.1, 0.15) is 0 Å². The van der Waals surface area contributed by atoms with Crippen LogP contribution in [-0.2, 0) is 14.3 Å². The molecule has 124 valence electrons. The van der Waals surface area contributed by atoms with Crippen LogP contribution in [0.1, 0.15) is 18.5 Å². The van der Waals surface area contributed by atoms with Crippen LogP contribution in [0.2, 0.25) is 0 Å². The molecule has 1 fully saturated rings. The Morgan fingerprint density at radius 2 is 2.00 bits per heavy atom. The minimum Gasteiger partial charge on any atom is -0.395 e. The van der Waals surface area contributed by atoms with Crippen LogP contribution in [0.25, 0.3) is 0 Å². The molecule has 0 saturated carbocycles. The summed E-state index contributed by atoms with van der Waals surface area (Å²) in [6, 6.07) is 9.02. The lowest BCUT2D eigenvalue weighted by molar-refractivity contribution is -0.140. The summed E-state index contributed by atoms with van der Waals surface area (Å²) in [4.78, 5) is 26.4. The average Bonchev–Trinajstić information content (AvgIpc) is 2.83. The Morgan fingerprint density at radius 1 is 1.30 bits per heavy atom. The minimum atomic E-state index is -0.518. The Balaban J connectivity index is 2.45. The number of rotatable bonds is 7. The number of allylic oxidation sites excluding steroid dienone is 1. The van der Waals surface area contributed by atoms with Crippen molar-refractivity contribution in [1.82, 2.24) is 10.2 Å². The number of benzene rings is 1. The van der Waals surface area contributed by atoms with Gasteiger partial charge >= 0.3 is 0 Å². The van der Waals surface area contributed by atoms with Crippen molar-refractivity contribution in [2.45, 2.75) is 13.0 Å². The molecular weight excluding hydrogens is 296 g/mol. The van der Waals surface area contributed by atoms with Crippen molar-refractivity contribution in [1.29, 1.82) is 0 Å². The van der Waals surface area contributed by atoms with Gasteiger partial charge in [-0.25, -0.2) is 0 Å². The molecule has 1 amide bonds. The number of ketones is 1. The number of likely N-dealkylation sites (tertiary alicyclic amines) is 1. The summed E-state index contributed by atoms with van der Waals surface area (Å²) in [7, 11) is 1.56. The highest BCUT2D eigenvalue weighted by Crippen LogP contribution is 2.36. The molecule has 0 bridgehead atoms. The summed E-state index contributed by atoms with van der Waals surface area (Å²) in [5, 5.41) is 12.0. The number of aliphatic hydroxyl groups excluding tert-OH is 1. The van der Waals surface area contributed by atoms with E-state index in [0.717, 1.165) is 5.56 Å². The Morgan fingerprint density at radius 3 is 2.61 bits per heavy atom. The summed E-state index contributed by atoms with van der Waals surface area (Å²) in [5.41, 5.74) is 1.93. The van der Waals surface area contributed by atoms with Crippen molar-refractivity contribution in [3.05, 3.63) is 47.2 Å². The maximum absolute atomic E-state index is 12.5. The molecule has 1 saturated heterocycles. The minimum absolute atomic E-state index is 0.0455. The standard InChI is InChI=1S/C17H22N2O4/c1-12(18-8-10-20)14-15(13-6-4-3-5-7-13)19(9-11-23-2)17(22)16(14)21/h3-7,15,18,20H,8-11H2,1-2H3. The van der Waals surface area contributed by atoms with E-state index in [1.54, 1.807) is 18.9 Å². The summed E-state index contributed by atoms with van der Waals surface area (Å²) in [5.74, 6) is -1.02. The lowest BCUT2D eigenvalue weighted by Gasteiger charge is -2.25. The first-order valence-electron chi connectivity index (χ1n) is 7.56.